The first-order valence-electron chi connectivity index (χ1n) is 6.38. The van der Waals surface area contributed by atoms with Crippen molar-refractivity contribution in [2.75, 3.05) is 13.4 Å². The van der Waals surface area contributed by atoms with Gasteiger partial charge in [0.25, 0.3) is 0 Å². The molecule has 0 radical (unpaired) electrons. The van der Waals surface area contributed by atoms with E-state index in [1.54, 1.807) is 0 Å². The number of rotatable bonds is 4. The highest BCUT2D eigenvalue weighted by atomic mass is 32.2. The first-order valence-corrected chi connectivity index (χ1v) is 8.08. The molecule has 19 heavy (non-hydrogen) atoms. The second kappa shape index (κ2) is 6.11. The second-order valence-electron chi connectivity index (χ2n) is 4.49. The van der Waals surface area contributed by atoms with Crippen LogP contribution < -0.4 is 0 Å². The zero-order valence-electron chi connectivity index (χ0n) is 11.6. The number of hydrogen-bond donors (Lipinski definition) is 0. The van der Waals surface area contributed by atoms with Gasteiger partial charge in [0.15, 0.2) is 4.90 Å². The molecule has 0 aliphatic carbocycles. The summed E-state index contributed by atoms with van der Waals surface area (Å²) in [6.07, 6.45) is 2.92. The van der Waals surface area contributed by atoms with Crippen molar-refractivity contribution < 1.29 is 9.53 Å². The third-order valence-corrected chi connectivity index (χ3v) is 5.73. The second-order valence-corrected chi connectivity index (χ2v) is 6.64. The van der Waals surface area contributed by atoms with Crippen LogP contribution in [0.1, 0.15) is 13.3 Å². The summed E-state index contributed by atoms with van der Waals surface area (Å²) in [5.74, 6) is -0.110. The Bertz CT molecular complexity index is 580. The van der Waals surface area contributed by atoms with Crippen molar-refractivity contribution in [2.45, 2.75) is 23.5 Å². The van der Waals surface area contributed by atoms with E-state index < -0.39 is 0 Å². The van der Waals surface area contributed by atoms with Crippen LogP contribution in [0.5, 0.6) is 0 Å². The van der Waals surface area contributed by atoms with E-state index in [9.17, 15) is 4.79 Å². The van der Waals surface area contributed by atoms with Gasteiger partial charge in [0.1, 0.15) is 6.26 Å². The quantitative estimate of drug-likeness (QED) is 0.631. The van der Waals surface area contributed by atoms with Gasteiger partial charge < -0.3 is 4.74 Å². The van der Waals surface area contributed by atoms with E-state index in [1.807, 2.05) is 19.1 Å². The zero-order chi connectivity index (χ0) is 13.8. The van der Waals surface area contributed by atoms with Crippen LogP contribution >= 0.6 is 0 Å². The minimum Gasteiger partial charge on any atom is -0.465 e. The Balaban J connectivity index is 2.34. The molecule has 0 aliphatic heterocycles. The third kappa shape index (κ3) is 2.92. The topological polar surface area (TPSA) is 26.3 Å². The molecule has 100 valence electrons. The van der Waals surface area contributed by atoms with Crippen LogP contribution in [0.2, 0.25) is 0 Å². The van der Waals surface area contributed by atoms with E-state index in [1.165, 1.54) is 22.8 Å². The first-order chi connectivity index (χ1) is 9.17. The molecule has 0 saturated heterocycles. The number of hydrogen-bond acceptors (Lipinski definition) is 2. The number of ether oxygens (including phenoxy) is 1. The molecule has 0 aromatic heterocycles. The van der Waals surface area contributed by atoms with Crippen LogP contribution in [0.25, 0.3) is 10.8 Å². The van der Waals surface area contributed by atoms with E-state index in [4.69, 9.17) is 4.74 Å². The average molecular weight is 275 g/mol. The highest BCUT2D eigenvalue weighted by Gasteiger charge is 2.34. The molecule has 0 amide bonds. The largest absolute Gasteiger partial charge is 0.465 e. The maximum atomic E-state index is 11.8. The highest BCUT2D eigenvalue weighted by molar-refractivity contribution is 7.97. The Morgan fingerprint density at radius 2 is 1.89 bits per heavy atom. The summed E-state index contributed by atoms with van der Waals surface area (Å²) < 4.78 is 4.90. The van der Waals surface area contributed by atoms with E-state index in [0.717, 1.165) is 6.42 Å². The normalized spacial score (nSPS) is 14.1. The Labute approximate surface area is 117 Å². The molecule has 0 heterocycles. The van der Waals surface area contributed by atoms with Crippen molar-refractivity contribution in [2.24, 2.45) is 0 Å². The predicted molar refractivity (Wildman–Crippen MR) is 81.6 cm³/mol. The number of methoxy groups -OCH3 is 1. The summed E-state index contributed by atoms with van der Waals surface area (Å²) in [6, 6.07) is 14.7. The molecule has 0 aliphatic rings. The third-order valence-electron chi connectivity index (χ3n) is 3.35. The van der Waals surface area contributed by atoms with Crippen LogP contribution in [0.4, 0.5) is 0 Å². The van der Waals surface area contributed by atoms with Gasteiger partial charge >= 0.3 is 5.97 Å². The molecule has 0 saturated carbocycles. The lowest BCUT2D eigenvalue weighted by molar-refractivity contribution is -0.140. The lowest BCUT2D eigenvalue weighted by Crippen LogP contribution is -2.30. The summed E-state index contributed by atoms with van der Waals surface area (Å²) in [4.78, 5) is 13.0. The zero-order valence-corrected chi connectivity index (χ0v) is 12.4. The number of carbonyl (C=O) groups excluding carboxylic acids is 1. The first kappa shape index (κ1) is 13.9. The minimum atomic E-state index is -0.132. The fourth-order valence-electron chi connectivity index (χ4n) is 2.22. The number of fused-ring (bicyclic) bond motifs is 1. The van der Waals surface area contributed by atoms with Gasteiger partial charge in [-0.1, -0.05) is 31.2 Å². The van der Waals surface area contributed by atoms with Crippen molar-refractivity contribution in [1.82, 2.24) is 0 Å². The molecule has 2 rings (SSSR count). The molecular weight excluding hydrogens is 256 g/mol. The Hall–Kier alpha value is -1.48. The monoisotopic (exact) mass is 275 g/mol. The molecule has 2 aromatic rings. The summed E-state index contributed by atoms with van der Waals surface area (Å²) in [5.41, 5.74) is 0. The van der Waals surface area contributed by atoms with Crippen LogP contribution in [-0.4, -0.2) is 24.6 Å². The molecule has 2 unspecified atom stereocenters. The van der Waals surface area contributed by atoms with Crippen LogP contribution in [-0.2, 0) is 20.4 Å². The van der Waals surface area contributed by atoms with E-state index in [0.29, 0.717) is 0 Å². The van der Waals surface area contributed by atoms with Crippen molar-refractivity contribution in [3.05, 3.63) is 42.5 Å². The van der Waals surface area contributed by atoms with Gasteiger partial charge in [-0.2, -0.15) is 0 Å². The lowest BCUT2D eigenvalue weighted by Gasteiger charge is -2.12. The molecule has 0 fully saturated rings. The standard InChI is InChI=1S/C16H19O2S/c1-4-15(16(17)18-2)19(3)14-10-9-12-7-5-6-8-13(12)11-14/h5-11,15H,4H2,1-3H3/q+1. The smallest absolute Gasteiger partial charge is 0.359 e. The molecule has 0 spiro atoms. The van der Waals surface area contributed by atoms with Gasteiger partial charge in [-0.05, 0) is 22.9 Å². The van der Waals surface area contributed by atoms with Gasteiger partial charge in [-0.3, -0.25) is 0 Å². The fraction of sp³-hybridized carbons (Fsp3) is 0.312. The SMILES string of the molecule is CCC(C(=O)OC)[S+](C)c1ccc2ccccc2c1. The Morgan fingerprint density at radius 3 is 2.53 bits per heavy atom. The van der Waals surface area contributed by atoms with E-state index in [-0.39, 0.29) is 22.1 Å². The summed E-state index contributed by atoms with van der Waals surface area (Å²) in [6.45, 7) is 2.03. The average Bonchev–Trinajstić information content (AvgIpc) is 2.47. The maximum absolute atomic E-state index is 11.8. The number of esters is 1. The van der Waals surface area contributed by atoms with Crippen LogP contribution in [0.3, 0.4) is 0 Å². The van der Waals surface area contributed by atoms with E-state index >= 15 is 0 Å². The molecule has 2 aromatic carbocycles. The minimum absolute atomic E-state index is 0.0498. The van der Waals surface area contributed by atoms with Crippen LogP contribution in [0.15, 0.2) is 47.4 Å². The molecule has 0 bridgehead atoms. The van der Waals surface area contributed by atoms with Gasteiger partial charge in [0.05, 0.1) is 7.11 Å². The molecule has 2 atom stereocenters. The highest BCUT2D eigenvalue weighted by Crippen LogP contribution is 2.24. The maximum Gasteiger partial charge on any atom is 0.359 e. The Morgan fingerprint density at radius 1 is 1.21 bits per heavy atom. The fourth-order valence-corrected chi connectivity index (χ4v) is 4.03. The summed E-state index contributed by atoms with van der Waals surface area (Å²) in [5, 5.41) is 2.40. The summed E-state index contributed by atoms with van der Waals surface area (Å²) >= 11 is 0. The van der Waals surface area contributed by atoms with Crippen molar-refractivity contribution >= 4 is 27.6 Å². The number of benzene rings is 2. The number of carbonyl (C=O) groups is 1. The predicted octanol–water partition coefficient (Wildman–Crippen LogP) is 3.40. The molecule has 0 N–H and O–H groups in total. The van der Waals surface area contributed by atoms with Crippen molar-refractivity contribution in [1.29, 1.82) is 0 Å². The van der Waals surface area contributed by atoms with Gasteiger partial charge in [0.2, 0.25) is 5.25 Å². The lowest BCUT2D eigenvalue weighted by atomic mass is 10.1. The van der Waals surface area contributed by atoms with Gasteiger partial charge in [-0.25, -0.2) is 4.79 Å². The van der Waals surface area contributed by atoms with Crippen LogP contribution in [0, 0.1) is 0 Å². The van der Waals surface area contributed by atoms with Crippen molar-refractivity contribution in [3.63, 3.8) is 0 Å². The van der Waals surface area contributed by atoms with Gasteiger partial charge in [0, 0.05) is 23.4 Å². The molecular formula is C16H19O2S+. The van der Waals surface area contributed by atoms with Gasteiger partial charge in [-0.15, -0.1) is 0 Å². The van der Waals surface area contributed by atoms with E-state index in [2.05, 4.69) is 36.6 Å². The van der Waals surface area contributed by atoms with Crippen molar-refractivity contribution in [3.8, 4) is 0 Å². The molecule has 3 heteroatoms. The Kier molecular flexibility index (Phi) is 4.48. The molecule has 2 nitrogen and oxygen atoms in total. The summed E-state index contributed by atoms with van der Waals surface area (Å²) in [7, 11) is 1.33.